The maximum absolute atomic E-state index is 12.2. The van der Waals surface area contributed by atoms with E-state index in [0.29, 0.717) is 5.56 Å². The zero-order valence-corrected chi connectivity index (χ0v) is 12.1. The van der Waals surface area contributed by atoms with Crippen LogP contribution in [-0.4, -0.2) is 9.92 Å². The molecule has 0 amide bonds. The fraction of sp³-hybridized carbons (Fsp3) is 0.0769. The van der Waals surface area contributed by atoms with Gasteiger partial charge in [0.05, 0.1) is 5.30 Å². The molecule has 2 aromatic carbocycles. The minimum absolute atomic E-state index is 0.174. The van der Waals surface area contributed by atoms with Gasteiger partial charge in [0.1, 0.15) is 0 Å². The Morgan fingerprint density at radius 1 is 1.00 bits per heavy atom. The zero-order valence-electron chi connectivity index (χ0n) is 9.74. The summed E-state index contributed by atoms with van der Waals surface area (Å²) in [5, 5.41) is -1.19. The van der Waals surface area contributed by atoms with Gasteiger partial charge in [0.15, 0.2) is 0 Å². The predicted molar refractivity (Wildman–Crippen MR) is 77.9 cm³/mol. The Labute approximate surface area is 121 Å². The third-order valence-corrected chi connectivity index (χ3v) is 4.44. The molecule has 2 aromatic rings. The Balaban J connectivity index is 2.51. The summed E-state index contributed by atoms with van der Waals surface area (Å²) in [4.78, 5) is 9.96. The van der Waals surface area contributed by atoms with Gasteiger partial charge in [-0.15, -0.1) is 0 Å². The lowest BCUT2D eigenvalue weighted by atomic mass is 10.1. The van der Waals surface area contributed by atoms with Crippen molar-refractivity contribution in [3.05, 3.63) is 54.6 Å². The summed E-state index contributed by atoms with van der Waals surface area (Å²) in [6.45, 7) is 0. The third-order valence-electron chi connectivity index (χ3n) is 2.52. The molecule has 1 unspecified atom stereocenters. The average Bonchev–Trinajstić information content (AvgIpc) is 2.38. The largest absolute Gasteiger partial charge is 0.361 e. The third kappa shape index (κ3) is 3.59. The molecule has 0 spiro atoms. The van der Waals surface area contributed by atoms with Gasteiger partial charge in [-0.3, -0.25) is 9.09 Å². The van der Waals surface area contributed by atoms with Gasteiger partial charge in [-0.2, -0.15) is 0 Å². The number of halogens is 2. The van der Waals surface area contributed by atoms with E-state index >= 15 is 0 Å². The lowest BCUT2D eigenvalue weighted by Gasteiger charge is -2.16. The average molecular weight is 317 g/mol. The van der Waals surface area contributed by atoms with Crippen LogP contribution in [0.25, 0.3) is 11.1 Å². The summed E-state index contributed by atoms with van der Waals surface area (Å²) < 4.78 is 16.9. The Hall–Kier alpha value is -0.830. The van der Waals surface area contributed by atoms with Crippen molar-refractivity contribution in [3.63, 3.8) is 0 Å². The molecule has 6 heteroatoms. The van der Waals surface area contributed by atoms with Crippen LogP contribution in [0.2, 0.25) is 0 Å². The van der Waals surface area contributed by atoms with E-state index in [1.165, 1.54) is 6.07 Å². The van der Waals surface area contributed by atoms with Gasteiger partial charge in [-0.25, -0.2) is 0 Å². The molecule has 2 rings (SSSR count). The molecule has 0 saturated heterocycles. The van der Waals surface area contributed by atoms with Crippen LogP contribution in [0.4, 0.5) is 0 Å². The molecule has 0 aliphatic heterocycles. The van der Waals surface area contributed by atoms with Crippen LogP contribution in [0.1, 0.15) is 0 Å². The van der Waals surface area contributed by atoms with E-state index in [1.54, 1.807) is 18.2 Å². The van der Waals surface area contributed by atoms with Crippen LogP contribution >= 0.6 is 30.8 Å². The molecular formula is C13H11Cl2O3P. The van der Waals surface area contributed by atoms with Crippen molar-refractivity contribution in [1.29, 1.82) is 0 Å². The molecule has 1 atom stereocenters. The second-order valence-electron chi connectivity index (χ2n) is 3.77. The van der Waals surface area contributed by atoms with Gasteiger partial charge >= 0.3 is 7.60 Å². The van der Waals surface area contributed by atoms with E-state index in [-0.39, 0.29) is 5.30 Å². The van der Waals surface area contributed by atoms with Crippen molar-refractivity contribution in [1.82, 2.24) is 0 Å². The molecule has 0 heterocycles. The highest BCUT2D eigenvalue weighted by Gasteiger charge is 2.28. The van der Waals surface area contributed by atoms with E-state index in [0.717, 1.165) is 5.56 Å². The maximum Gasteiger partial charge on any atom is 0.361 e. The topological polar surface area (TPSA) is 46.5 Å². The first kappa shape index (κ1) is 14.6. The van der Waals surface area contributed by atoms with Crippen molar-refractivity contribution in [2.75, 3.05) is 0 Å². The van der Waals surface area contributed by atoms with E-state index in [9.17, 15) is 9.46 Å². The summed E-state index contributed by atoms with van der Waals surface area (Å²) in [7, 11) is -4.07. The van der Waals surface area contributed by atoms with Crippen LogP contribution in [0, 0.1) is 0 Å². The highest BCUT2D eigenvalue weighted by molar-refractivity contribution is 7.61. The van der Waals surface area contributed by atoms with Crippen LogP contribution < -0.4 is 5.30 Å². The van der Waals surface area contributed by atoms with E-state index in [1.807, 2.05) is 30.3 Å². The fourth-order valence-corrected chi connectivity index (χ4v) is 3.51. The Bertz CT molecular complexity index is 602. The molecule has 100 valence electrons. The molecule has 0 saturated carbocycles. The lowest BCUT2D eigenvalue weighted by molar-refractivity contribution is 0.292. The van der Waals surface area contributed by atoms with E-state index < -0.39 is 12.6 Å². The normalized spacial score (nSPS) is 14.3. The van der Waals surface area contributed by atoms with Crippen molar-refractivity contribution < 1.29 is 14.0 Å². The molecule has 19 heavy (non-hydrogen) atoms. The molecule has 0 bridgehead atoms. The number of benzene rings is 2. The van der Waals surface area contributed by atoms with Crippen LogP contribution in [0.15, 0.2) is 54.6 Å². The molecule has 0 fully saturated rings. The molecular weight excluding hydrogens is 306 g/mol. The van der Waals surface area contributed by atoms with Gasteiger partial charge in [-0.1, -0.05) is 71.7 Å². The highest BCUT2D eigenvalue weighted by atomic mass is 35.5. The molecule has 1 N–H and O–H groups in total. The van der Waals surface area contributed by atoms with Gasteiger partial charge in [0.2, 0.25) is 5.02 Å². The van der Waals surface area contributed by atoms with Gasteiger partial charge < -0.3 is 4.89 Å². The van der Waals surface area contributed by atoms with Gasteiger partial charge in [0, 0.05) is 0 Å². The Morgan fingerprint density at radius 2 is 1.58 bits per heavy atom. The molecule has 0 aliphatic rings. The number of hydrogen-bond acceptors (Lipinski definition) is 2. The van der Waals surface area contributed by atoms with Crippen LogP contribution in [-0.2, 0) is 9.09 Å². The zero-order chi connectivity index (χ0) is 13.9. The van der Waals surface area contributed by atoms with Crippen molar-refractivity contribution in [3.8, 4) is 11.1 Å². The number of alkyl halides is 2. The Kier molecular flexibility index (Phi) is 4.67. The summed E-state index contributed by atoms with van der Waals surface area (Å²) >= 11 is 10.8. The van der Waals surface area contributed by atoms with E-state index in [4.69, 9.17) is 27.7 Å². The minimum Gasteiger partial charge on any atom is -0.321 e. The van der Waals surface area contributed by atoms with E-state index in [2.05, 4.69) is 0 Å². The molecule has 3 nitrogen and oxygen atoms in total. The SMILES string of the molecule is O=P(O)(OC(Cl)Cl)c1ccccc1-c1ccccc1. The van der Waals surface area contributed by atoms with Crippen LogP contribution in [0.3, 0.4) is 0 Å². The fourth-order valence-electron chi connectivity index (χ4n) is 1.75. The maximum atomic E-state index is 12.2. The summed E-state index contributed by atoms with van der Waals surface area (Å²) in [6, 6.07) is 16.0. The first-order chi connectivity index (χ1) is 9.00. The van der Waals surface area contributed by atoms with Crippen molar-refractivity contribution in [2.24, 2.45) is 0 Å². The second kappa shape index (κ2) is 6.08. The molecule has 0 aromatic heterocycles. The smallest absolute Gasteiger partial charge is 0.321 e. The first-order valence-electron chi connectivity index (χ1n) is 5.45. The second-order valence-corrected chi connectivity index (χ2v) is 6.52. The van der Waals surface area contributed by atoms with Crippen molar-refractivity contribution in [2.45, 2.75) is 5.02 Å². The molecule has 0 aliphatic carbocycles. The Morgan fingerprint density at radius 3 is 2.21 bits per heavy atom. The summed E-state index contributed by atoms with van der Waals surface area (Å²) in [5.74, 6) is 0. The van der Waals surface area contributed by atoms with Crippen LogP contribution in [0.5, 0.6) is 0 Å². The van der Waals surface area contributed by atoms with Gasteiger partial charge in [-0.05, 0) is 17.2 Å². The number of hydrogen-bond donors (Lipinski definition) is 1. The first-order valence-corrected chi connectivity index (χ1v) is 7.90. The molecule has 0 radical (unpaired) electrons. The standard InChI is InChI=1S/C13H11Cl2O3P/c14-13(15)18-19(16,17)12-9-5-4-8-11(12)10-6-2-1-3-7-10/h1-9,13H,(H,16,17). The summed E-state index contributed by atoms with van der Waals surface area (Å²) in [6.07, 6.45) is 0. The summed E-state index contributed by atoms with van der Waals surface area (Å²) in [5.41, 5.74) is 1.43. The number of rotatable bonds is 4. The lowest BCUT2D eigenvalue weighted by Crippen LogP contribution is -2.11. The monoisotopic (exact) mass is 316 g/mol. The van der Waals surface area contributed by atoms with Gasteiger partial charge in [0.25, 0.3) is 0 Å². The van der Waals surface area contributed by atoms with Crippen molar-refractivity contribution >= 4 is 36.1 Å². The minimum atomic E-state index is -4.07. The highest BCUT2D eigenvalue weighted by Crippen LogP contribution is 2.46. The quantitative estimate of drug-likeness (QED) is 0.686. The predicted octanol–water partition coefficient (Wildman–Crippen LogP) is 3.94.